The largest absolute Gasteiger partial charge is 0.368 e. The number of primary amides is 1. The first-order valence-electron chi connectivity index (χ1n) is 6.11. The highest BCUT2D eigenvalue weighted by atomic mass is 32.2. The van der Waals surface area contributed by atoms with E-state index in [9.17, 15) is 23.3 Å². The molecule has 1 unspecified atom stereocenters. The maximum atomic E-state index is 12.6. The number of nitrogens with one attached hydrogen (secondary N) is 1. The molecule has 2 rings (SSSR count). The van der Waals surface area contributed by atoms with E-state index >= 15 is 0 Å². The van der Waals surface area contributed by atoms with Crippen molar-refractivity contribution in [2.75, 3.05) is 19.6 Å². The van der Waals surface area contributed by atoms with Gasteiger partial charge in [0.15, 0.2) is 4.90 Å². The first kappa shape index (κ1) is 15.4. The van der Waals surface area contributed by atoms with Crippen molar-refractivity contribution in [2.45, 2.75) is 10.9 Å². The van der Waals surface area contributed by atoms with Crippen LogP contribution in [0, 0.1) is 10.1 Å². The number of para-hydroxylation sites is 1. The van der Waals surface area contributed by atoms with Crippen molar-refractivity contribution in [1.82, 2.24) is 9.62 Å². The molecule has 0 saturated carbocycles. The van der Waals surface area contributed by atoms with Gasteiger partial charge in [-0.3, -0.25) is 14.9 Å². The summed E-state index contributed by atoms with van der Waals surface area (Å²) < 4.78 is 26.1. The fraction of sp³-hybridized carbons (Fsp3) is 0.364. The van der Waals surface area contributed by atoms with E-state index in [2.05, 4.69) is 5.32 Å². The second-order valence-corrected chi connectivity index (χ2v) is 6.32. The molecule has 1 heterocycles. The lowest BCUT2D eigenvalue weighted by Gasteiger charge is -2.32. The van der Waals surface area contributed by atoms with Gasteiger partial charge in [-0.25, -0.2) is 8.42 Å². The SMILES string of the molecule is NC(=O)C1CNCCN1S(=O)(=O)c1ccccc1[N+](=O)[O-]. The summed E-state index contributed by atoms with van der Waals surface area (Å²) in [6.45, 7) is 0.431. The Morgan fingerprint density at radius 1 is 1.43 bits per heavy atom. The lowest BCUT2D eigenvalue weighted by atomic mass is 10.2. The van der Waals surface area contributed by atoms with Crippen molar-refractivity contribution in [3.63, 3.8) is 0 Å². The molecule has 1 amide bonds. The summed E-state index contributed by atoms with van der Waals surface area (Å²) >= 11 is 0. The van der Waals surface area contributed by atoms with Crippen LogP contribution in [0.15, 0.2) is 29.2 Å². The van der Waals surface area contributed by atoms with E-state index < -0.39 is 37.5 Å². The van der Waals surface area contributed by atoms with Gasteiger partial charge in [0.25, 0.3) is 15.7 Å². The molecule has 114 valence electrons. The van der Waals surface area contributed by atoms with Gasteiger partial charge in [-0.1, -0.05) is 12.1 Å². The van der Waals surface area contributed by atoms with Gasteiger partial charge in [0.1, 0.15) is 6.04 Å². The van der Waals surface area contributed by atoms with Gasteiger partial charge in [0.2, 0.25) is 5.91 Å². The maximum absolute atomic E-state index is 12.6. The third kappa shape index (κ3) is 2.86. The maximum Gasteiger partial charge on any atom is 0.289 e. The lowest BCUT2D eigenvalue weighted by Crippen LogP contribution is -2.58. The number of nitrogens with two attached hydrogens (primary N) is 1. The highest BCUT2D eigenvalue weighted by Crippen LogP contribution is 2.27. The van der Waals surface area contributed by atoms with E-state index in [1.54, 1.807) is 0 Å². The first-order chi connectivity index (χ1) is 9.85. The number of benzene rings is 1. The number of amides is 1. The molecule has 1 aromatic rings. The van der Waals surface area contributed by atoms with Gasteiger partial charge in [-0.2, -0.15) is 4.31 Å². The molecule has 0 aliphatic carbocycles. The van der Waals surface area contributed by atoms with Crippen molar-refractivity contribution >= 4 is 21.6 Å². The summed E-state index contributed by atoms with van der Waals surface area (Å²) in [4.78, 5) is 21.2. The van der Waals surface area contributed by atoms with Gasteiger partial charge < -0.3 is 11.1 Å². The fourth-order valence-corrected chi connectivity index (χ4v) is 3.92. The number of sulfonamides is 1. The van der Waals surface area contributed by atoms with Gasteiger partial charge >= 0.3 is 0 Å². The third-order valence-corrected chi connectivity index (χ3v) is 5.13. The molecule has 1 aromatic carbocycles. The van der Waals surface area contributed by atoms with E-state index in [1.807, 2.05) is 0 Å². The Labute approximate surface area is 120 Å². The molecular formula is C11H14N4O5S. The summed E-state index contributed by atoms with van der Waals surface area (Å²) in [6.07, 6.45) is 0. The van der Waals surface area contributed by atoms with Crippen LogP contribution in [0.25, 0.3) is 0 Å². The second kappa shape index (κ2) is 5.76. The van der Waals surface area contributed by atoms with E-state index in [0.29, 0.717) is 6.54 Å². The van der Waals surface area contributed by atoms with Crippen molar-refractivity contribution in [1.29, 1.82) is 0 Å². The van der Waals surface area contributed by atoms with Crippen LogP contribution in [0.3, 0.4) is 0 Å². The molecule has 0 aromatic heterocycles. The topological polar surface area (TPSA) is 136 Å². The lowest BCUT2D eigenvalue weighted by molar-refractivity contribution is -0.387. The number of nitro groups is 1. The van der Waals surface area contributed by atoms with Crippen LogP contribution in [0.2, 0.25) is 0 Å². The molecule has 0 spiro atoms. The minimum Gasteiger partial charge on any atom is -0.368 e. The highest BCUT2D eigenvalue weighted by molar-refractivity contribution is 7.89. The second-order valence-electron chi connectivity index (χ2n) is 4.46. The number of hydrogen-bond donors (Lipinski definition) is 2. The van der Waals surface area contributed by atoms with Crippen molar-refractivity contribution < 1.29 is 18.1 Å². The average Bonchev–Trinajstić information content (AvgIpc) is 2.47. The standard InChI is InChI=1S/C11H14N4O5S/c12-11(16)9-7-13-5-6-14(9)21(19,20)10-4-2-1-3-8(10)15(17)18/h1-4,9,13H,5-7H2,(H2,12,16). The molecular weight excluding hydrogens is 300 g/mol. The summed E-state index contributed by atoms with van der Waals surface area (Å²) in [5.74, 6) is -0.802. The molecule has 9 nitrogen and oxygen atoms in total. The van der Waals surface area contributed by atoms with Gasteiger partial charge in [0, 0.05) is 25.7 Å². The molecule has 0 bridgehead atoms. The van der Waals surface area contributed by atoms with E-state index in [4.69, 9.17) is 5.73 Å². The molecule has 3 N–H and O–H groups in total. The molecule has 1 aliphatic heterocycles. The normalized spacial score (nSPS) is 20.1. The van der Waals surface area contributed by atoms with Gasteiger partial charge in [-0.05, 0) is 6.07 Å². The Hall–Kier alpha value is -2.04. The summed E-state index contributed by atoms with van der Waals surface area (Å²) in [5.41, 5.74) is 4.68. The number of rotatable bonds is 4. The minimum absolute atomic E-state index is 0.0159. The number of nitro benzene ring substituents is 1. The first-order valence-corrected chi connectivity index (χ1v) is 7.55. The predicted octanol–water partition coefficient (Wildman–Crippen LogP) is -0.957. The molecule has 1 aliphatic rings. The Morgan fingerprint density at radius 3 is 2.71 bits per heavy atom. The minimum atomic E-state index is -4.18. The number of piperazine rings is 1. The van der Waals surface area contributed by atoms with Crippen molar-refractivity contribution in [3.05, 3.63) is 34.4 Å². The Morgan fingerprint density at radius 2 is 2.10 bits per heavy atom. The van der Waals surface area contributed by atoms with E-state index in [0.717, 1.165) is 16.4 Å². The van der Waals surface area contributed by atoms with Crippen LogP contribution >= 0.6 is 0 Å². The molecule has 21 heavy (non-hydrogen) atoms. The van der Waals surface area contributed by atoms with Crippen LogP contribution in [0.1, 0.15) is 0 Å². The Bertz CT molecular complexity index is 675. The van der Waals surface area contributed by atoms with Crippen LogP contribution in [-0.2, 0) is 14.8 Å². The number of carbonyl (C=O) groups is 1. The monoisotopic (exact) mass is 314 g/mol. The zero-order valence-corrected chi connectivity index (χ0v) is 11.7. The Kier molecular flexibility index (Phi) is 4.21. The zero-order chi connectivity index (χ0) is 15.6. The molecule has 1 saturated heterocycles. The van der Waals surface area contributed by atoms with Crippen LogP contribution in [0.4, 0.5) is 5.69 Å². The molecule has 10 heteroatoms. The number of carbonyl (C=O) groups excluding carboxylic acids is 1. The van der Waals surface area contributed by atoms with E-state index in [-0.39, 0.29) is 13.1 Å². The highest BCUT2D eigenvalue weighted by Gasteiger charge is 2.39. The smallest absolute Gasteiger partial charge is 0.289 e. The summed E-state index contributed by atoms with van der Waals surface area (Å²) in [7, 11) is -4.18. The van der Waals surface area contributed by atoms with Crippen molar-refractivity contribution in [3.8, 4) is 0 Å². The molecule has 0 radical (unpaired) electrons. The molecule has 1 fully saturated rings. The quantitative estimate of drug-likeness (QED) is 0.543. The third-order valence-electron chi connectivity index (χ3n) is 3.17. The van der Waals surface area contributed by atoms with Gasteiger partial charge in [-0.15, -0.1) is 0 Å². The number of nitrogens with zero attached hydrogens (tertiary/aromatic N) is 2. The summed E-state index contributed by atoms with van der Waals surface area (Å²) in [6, 6.07) is 3.95. The van der Waals surface area contributed by atoms with Crippen molar-refractivity contribution in [2.24, 2.45) is 5.73 Å². The average molecular weight is 314 g/mol. The fourth-order valence-electron chi connectivity index (χ4n) is 2.17. The van der Waals surface area contributed by atoms with Crippen LogP contribution in [0.5, 0.6) is 0 Å². The zero-order valence-electron chi connectivity index (χ0n) is 10.9. The Balaban J connectivity index is 2.51. The van der Waals surface area contributed by atoms with Crippen LogP contribution < -0.4 is 11.1 Å². The summed E-state index contributed by atoms with van der Waals surface area (Å²) in [5, 5.41) is 13.9. The van der Waals surface area contributed by atoms with Gasteiger partial charge in [0.05, 0.1) is 4.92 Å². The van der Waals surface area contributed by atoms with Crippen LogP contribution in [-0.4, -0.2) is 49.2 Å². The predicted molar refractivity (Wildman–Crippen MR) is 72.8 cm³/mol. The molecule has 1 atom stereocenters. The van der Waals surface area contributed by atoms with E-state index in [1.165, 1.54) is 12.1 Å². The number of hydrogen-bond acceptors (Lipinski definition) is 6.